The van der Waals surface area contributed by atoms with Gasteiger partial charge in [-0.3, -0.25) is 4.79 Å². The number of alkyl halides is 1. The molecule has 0 bridgehead atoms. The van der Waals surface area contributed by atoms with Gasteiger partial charge < -0.3 is 19.3 Å². The van der Waals surface area contributed by atoms with Gasteiger partial charge in [-0.1, -0.05) is 41.3 Å². The second-order valence-corrected chi connectivity index (χ2v) is 7.95. The van der Waals surface area contributed by atoms with Crippen LogP contribution in [-0.2, 0) is 9.53 Å². The van der Waals surface area contributed by atoms with Crippen LogP contribution in [0, 0.1) is 17.7 Å². The third-order valence-corrected chi connectivity index (χ3v) is 5.42. The Bertz CT molecular complexity index is 991. The molecule has 0 aromatic heterocycles. The number of hydrogen-bond acceptors (Lipinski definition) is 5. The highest BCUT2D eigenvalue weighted by Gasteiger charge is 2.29. The van der Waals surface area contributed by atoms with Crippen molar-refractivity contribution in [2.75, 3.05) is 26.4 Å². The molecule has 2 aromatic carbocycles. The molecule has 1 heterocycles. The van der Waals surface area contributed by atoms with Gasteiger partial charge in [0.25, 0.3) is 0 Å². The zero-order valence-corrected chi connectivity index (χ0v) is 20.2. The molecule has 176 valence electrons. The Hall–Kier alpha value is -2.43. The molecule has 5 nitrogen and oxygen atoms in total. The third-order valence-electron chi connectivity index (χ3n) is 4.68. The van der Waals surface area contributed by atoms with Crippen LogP contribution in [0.3, 0.4) is 0 Å². The predicted molar refractivity (Wildman–Crippen MR) is 130 cm³/mol. The Morgan fingerprint density at radius 2 is 1.85 bits per heavy atom. The summed E-state index contributed by atoms with van der Waals surface area (Å²) in [6.07, 6.45) is 3.18. The van der Waals surface area contributed by atoms with E-state index in [1.807, 2.05) is 28.1 Å². The van der Waals surface area contributed by atoms with E-state index in [9.17, 15) is 9.18 Å². The van der Waals surface area contributed by atoms with Gasteiger partial charge in [0.05, 0.1) is 13.2 Å². The van der Waals surface area contributed by atoms with Crippen molar-refractivity contribution in [3.05, 3.63) is 77.3 Å². The molecule has 0 aliphatic carbocycles. The van der Waals surface area contributed by atoms with Crippen molar-refractivity contribution in [1.29, 1.82) is 0 Å². The number of benzene rings is 2. The van der Waals surface area contributed by atoms with E-state index in [4.69, 9.17) is 32.7 Å². The van der Waals surface area contributed by atoms with Crippen LogP contribution in [-0.4, -0.2) is 47.5 Å². The molecular formula is C24H24Cl3FN2O3. The fourth-order valence-electron chi connectivity index (χ4n) is 3.08. The number of ketones is 1. The van der Waals surface area contributed by atoms with Gasteiger partial charge in [0, 0.05) is 17.4 Å². The minimum absolute atomic E-state index is 0. The molecule has 33 heavy (non-hydrogen) atoms. The molecule has 0 fully saturated rings. The minimum Gasteiger partial charge on any atom is -0.486 e. The van der Waals surface area contributed by atoms with Crippen molar-refractivity contribution in [2.24, 2.45) is 0 Å². The van der Waals surface area contributed by atoms with E-state index in [2.05, 4.69) is 11.8 Å². The average molecular weight is 514 g/mol. The van der Waals surface area contributed by atoms with E-state index >= 15 is 0 Å². The van der Waals surface area contributed by atoms with Crippen molar-refractivity contribution in [3.8, 4) is 17.6 Å². The maximum atomic E-state index is 13.0. The maximum absolute atomic E-state index is 13.0. The smallest absolute Gasteiger partial charge is 0.189 e. The van der Waals surface area contributed by atoms with Crippen molar-refractivity contribution >= 4 is 41.4 Å². The van der Waals surface area contributed by atoms with Crippen LogP contribution < -0.4 is 4.74 Å². The molecule has 0 saturated heterocycles. The summed E-state index contributed by atoms with van der Waals surface area (Å²) in [5, 5.41) is 0.626. The van der Waals surface area contributed by atoms with Crippen LogP contribution >= 0.6 is 35.6 Å². The lowest BCUT2D eigenvalue weighted by Gasteiger charge is -2.31. The summed E-state index contributed by atoms with van der Waals surface area (Å²) in [6, 6.07) is 12.9. The topological polar surface area (TPSA) is 42.0 Å². The van der Waals surface area contributed by atoms with Gasteiger partial charge in [0.1, 0.15) is 36.4 Å². The molecule has 0 saturated carbocycles. The summed E-state index contributed by atoms with van der Waals surface area (Å²) in [5.74, 6) is 5.66. The average Bonchev–Trinajstić information content (AvgIpc) is 3.25. The predicted octanol–water partition coefficient (Wildman–Crippen LogP) is 5.24. The van der Waals surface area contributed by atoms with E-state index < -0.39 is 11.6 Å². The van der Waals surface area contributed by atoms with Gasteiger partial charge in [0.15, 0.2) is 5.78 Å². The number of ether oxygens (including phenoxy) is 2. The van der Waals surface area contributed by atoms with Gasteiger partial charge in [-0.25, -0.2) is 4.39 Å². The molecule has 0 radical (unpaired) electrons. The van der Waals surface area contributed by atoms with Crippen LogP contribution in [0.4, 0.5) is 4.39 Å². The molecule has 2 unspecified atom stereocenters. The quantitative estimate of drug-likeness (QED) is 0.247. The first-order chi connectivity index (χ1) is 15.5. The van der Waals surface area contributed by atoms with E-state index in [0.29, 0.717) is 17.4 Å². The number of halogens is 4. The lowest BCUT2D eigenvalue weighted by Crippen LogP contribution is -2.37. The number of carbonyl (C=O) groups excluding carboxylic acids is 1. The largest absolute Gasteiger partial charge is 0.486 e. The Balaban J connectivity index is 0.00000385. The fraction of sp³-hybridized carbons (Fsp3) is 0.292. The molecule has 0 N–H and O–H groups in total. The molecular weight excluding hydrogens is 490 g/mol. The summed E-state index contributed by atoms with van der Waals surface area (Å²) >= 11 is 12.8. The van der Waals surface area contributed by atoms with Gasteiger partial charge in [-0.05, 0) is 48.9 Å². The number of rotatable bonds is 10. The van der Waals surface area contributed by atoms with Crippen LogP contribution in [0.5, 0.6) is 5.75 Å². The van der Waals surface area contributed by atoms with Crippen molar-refractivity contribution < 1.29 is 18.7 Å². The lowest BCUT2D eigenvalue weighted by molar-refractivity contribution is -0.121. The molecule has 2 aromatic rings. The highest BCUT2D eigenvalue weighted by molar-refractivity contribution is 6.30. The van der Waals surface area contributed by atoms with Crippen molar-refractivity contribution in [1.82, 2.24) is 9.80 Å². The van der Waals surface area contributed by atoms with Crippen molar-refractivity contribution in [3.63, 3.8) is 0 Å². The number of nitrogens with zero attached hydrogens (tertiary/aromatic N) is 2. The number of hydrogen-bond donors (Lipinski definition) is 0. The highest BCUT2D eigenvalue weighted by atomic mass is 35.5. The van der Waals surface area contributed by atoms with Crippen LogP contribution in [0.1, 0.15) is 18.6 Å². The van der Waals surface area contributed by atoms with Gasteiger partial charge in [-0.2, -0.15) is 0 Å². The molecule has 0 spiro atoms. The van der Waals surface area contributed by atoms with Gasteiger partial charge >= 0.3 is 0 Å². The van der Waals surface area contributed by atoms with Gasteiger partial charge in [0.2, 0.25) is 0 Å². The number of Topliss-reactive ketones (excluding diaryl/α,β-unsaturated/α-hetero) is 1. The van der Waals surface area contributed by atoms with Gasteiger partial charge in [-0.15, -0.1) is 18.3 Å². The first kappa shape index (κ1) is 26.8. The Morgan fingerprint density at radius 3 is 2.52 bits per heavy atom. The second kappa shape index (κ2) is 13.3. The summed E-state index contributed by atoms with van der Waals surface area (Å²) < 4.78 is 24.3. The molecule has 0 amide bonds. The second-order valence-electron chi connectivity index (χ2n) is 7.06. The van der Waals surface area contributed by atoms with E-state index in [-0.39, 0.29) is 43.8 Å². The summed E-state index contributed by atoms with van der Waals surface area (Å²) in [6.45, 7) is 2.46. The van der Waals surface area contributed by atoms with Crippen LogP contribution in [0.15, 0.2) is 60.9 Å². The molecule has 9 heteroatoms. The van der Waals surface area contributed by atoms with Crippen molar-refractivity contribution in [2.45, 2.75) is 18.5 Å². The van der Waals surface area contributed by atoms with E-state index in [1.165, 1.54) is 24.3 Å². The molecule has 2 atom stereocenters. The zero-order valence-electron chi connectivity index (χ0n) is 17.9. The summed E-state index contributed by atoms with van der Waals surface area (Å²) in [5.41, 5.74) is 0.351. The first-order valence-corrected chi connectivity index (χ1v) is 10.8. The summed E-state index contributed by atoms with van der Waals surface area (Å²) in [7, 11) is 0. The van der Waals surface area contributed by atoms with Crippen LogP contribution in [0.2, 0.25) is 5.02 Å². The Labute approximate surface area is 209 Å². The molecule has 3 rings (SSSR count). The van der Waals surface area contributed by atoms with E-state index in [0.717, 1.165) is 5.56 Å². The normalized spacial score (nSPS) is 14.2. The third kappa shape index (κ3) is 8.13. The maximum Gasteiger partial charge on any atom is 0.189 e. The summed E-state index contributed by atoms with van der Waals surface area (Å²) in [4.78, 5) is 16.0. The highest BCUT2D eigenvalue weighted by Crippen LogP contribution is 2.30. The first-order valence-electron chi connectivity index (χ1n) is 9.95. The molecule has 1 aliphatic rings. The standard InChI is InChI=1S/C24H23Cl2FN2O3.ClH/c1-2-3-14-31-23(18-4-6-19(25)7-5-18)24(26)29-13-12-28(17-29)15-21(30)16-32-22-10-8-20(27)9-11-22;/h4-13,23-24H,14-17H2,1H3;1H. The number of carbonyl (C=O) groups is 1. The Kier molecular flexibility index (Phi) is 10.8. The monoisotopic (exact) mass is 512 g/mol. The van der Waals surface area contributed by atoms with Crippen LogP contribution in [0.25, 0.3) is 0 Å². The van der Waals surface area contributed by atoms with E-state index in [1.54, 1.807) is 25.3 Å². The Morgan fingerprint density at radius 1 is 1.15 bits per heavy atom. The fourth-order valence-corrected chi connectivity index (χ4v) is 3.55. The zero-order chi connectivity index (χ0) is 22.9. The SMILES string of the molecule is CC#CCOC(c1ccc(Cl)cc1)C(Cl)N1C=CN(CC(=O)COc2ccc(F)cc2)C1.Cl. The lowest BCUT2D eigenvalue weighted by atomic mass is 10.1. The molecule has 1 aliphatic heterocycles. The minimum atomic E-state index is -0.526.